The maximum Gasteiger partial charge on any atom is 0.516 e. The van der Waals surface area contributed by atoms with Gasteiger partial charge in [-0.15, -0.1) is 0 Å². The molecule has 0 spiro atoms. The molecule has 0 amide bonds. The van der Waals surface area contributed by atoms with Crippen LogP contribution in [-0.4, -0.2) is 18.2 Å². The van der Waals surface area contributed by atoms with Crippen LogP contribution < -0.4 is 0 Å². The molecule has 4 heteroatoms. The highest BCUT2D eigenvalue weighted by atomic mass is 16.7. The van der Waals surface area contributed by atoms with Gasteiger partial charge < -0.3 is 9.47 Å². The van der Waals surface area contributed by atoms with Gasteiger partial charge in [0.2, 0.25) is 0 Å². The van der Waals surface area contributed by atoms with E-state index in [2.05, 4.69) is 6.92 Å². The lowest BCUT2D eigenvalue weighted by molar-refractivity contribution is -0.140. The highest BCUT2D eigenvalue weighted by molar-refractivity contribution is 5.81. The summed E-state index contributed by atoms with van der Waals surface area (Å²) in [6.07, 6.45) is 24.0. The van der Waals surface area contributed by atoms with Crippen LogP contribution in [0.25, 0.3) is 0 Å². The van der Waals surface area contributed by atoms with Gasteiger partial charge in [0.05, 0.1) is 0 Å². The van der Waals surface area contributed by atoms with Crippen LogP contribution in [0.5, 0.6) is 0 Å². The minimum absolute atomic E-state index is 0.0603. The summed E-state index contributed by atoms with van der Waals surface area (Å²) >= 11 is 0. The fraction of sp³-hybridized carbons (Fsp3) is 0.920. The van der Waals surface area contributed by atoms with Gasteiger partial charge >= 0.3 is 12.1 Å². The van der Waals surface area contributed by atoms with Gasteiger partial charge in [0.15, 0.2) is 0 Å². The summed E-state index contributed by atoms with van der Waals surface area (Å²) in [4.78, 5) is 23.3. The minimum atomic E-state index is -0.803. The van der Waals surface area contributed by atoms with E-state index in [9.17, 15) is 9.59 Å². The first-order chi connectivity index (χ1) is 14.2. The third-order valence-electron chi connectivity index (χ3n) is 6.00. The Balaban J connectivity index is 1.79. The molecule has 1 aliphatic rings. The zero-order chi connectivity index (χ0) is 21.0. The summed E-state index contributed by atoms with van der Waals surface area (Å²) in [5.41, 5.74) is 0. The Hall–Kier alpha value is -1.06. The Morgan fingerprint density at radius 3 is 1.59 bits per heavy atom. The Labute approximate surface area is 179 Å². The average molecular weight is 411 g/mol. The molecule has 1 aliphatic carbocycles. The SMILES string of the molecule is CCCCCCCCCCCCCCCCCC(=O)OC(=O)OC1CCCCC1. The van der Waals surface area contributed by atoms with Crippen molar-refractivity contribution in [1.29, 1.82) is 0 Å². The molecular formula is C25H46O4. The van der Waals surface area contributed by atoms with E-state index in [1.54, 1.807) is 0 Å². The molecule has 4 nitrogen and oxygen atoms in total. The van der Waals surface area contributed by atoms with Crippen LogP contribution in [0, 0.1) is 0 Å². The lowest BCUT2D eigenvalue weighted by Gasteiger charge is -2.20. The maximum atomic E-state index is 11.7. The smallest absolute Gasteiger partial charge is 0.431 e. The molecule has 0 N–H and O–H groups in total. The molecule has 0 radical (unpaired) electrons. The van der Waals surface area contributed by atoms with Crippen molar-refractivity contribution < 1.29 is 19.1 Å². The average Bonchev–Trinajstić information content (AvgIpc) is 2.71. The van der Waals surface area contributed by atoms with Crippen molar-refractivity contribution >= 4 is 12.1 Å². The molecule has 29 heavy (non-hydrogen) atoms. The van der Waals surface area contributed by atoms with E-state index < -0.39 is 12.1 Å². The van der Waals surface area contributed by atoms with Crippen molar-refractivity contribution in [3.8, 4) is 0 Å². The van der Waals surface area contributed by atoms with Gasteiger partial charge in [0.25, 0.3) is 0 Å². The molecule has 0 aromatic heterocycles. The molecule has 1 rings (SSSR count). The van der Waals surface area contributed by atoms with E-state index in [1.165, 1.54) is 83.5 Å². The van der Waals surface area contributed by atoms with Crippen LogP contribution in [0.15, 0.2) is 0 Å². The van der Waals surface area contributed by atoms with Gasteiger partial charge in [0, 0.05) is 6.42 Å². The van der Waals surface area contributed by atoms with E-state index >= 15 is 0 Å². The normalized spacial score (nSPS) is 14.7. The number of rotatable bonds is 17. The molecule has 0 aromatic rings. The lowest BCUT2D eigenvalue weighted by atomic mass is 9.98. The van der Waals surface area contributed by atoms with Gasteiger partial charge in [-0.2, -0.15) is 0 Å². The number of carbonyl (C=O) groups excluding carboxylic acids is 2. The molecule has 0 aliphatic heterocycles. The predicted molar refractivity (Wildman–Crippen MR) is 119 cm³/mol. The summed E-state index contributed by atoms with van der Waals surface area (Å²) < 4.78 is 9.98. The largest absolute Gasteiger partial charge is 0.516 e. The first-order valence-corrected chi connectivity index (χ1v) is 12.6. The molecule has 0 aromatic carbocycles. The summed E-state index contributed by atoms with van der Waals surface area (Å²) in [7, 11) is 0. The Morgan fingerprint density at radius 2 is 1.10 bits per heavy atom. The number of hydrogen-bond donors (Lipinski definition) is 0. The Morgan fingerprint density at radius 1 is 0.655 bits per heavy atom. The number of esters is 1. The fourth-order valence-corrected chi connectivity index (χ4v) is 4.13. The first kappa shape index (κ1) is 26.0. The maximum absolute atomic E-state index is 11.7. The minimum Gasteiger partial charge on any atom is -0.431 e. The number of hydrogen-bond acceptors (Lipinski definition) is 4. The Bertz CT molecular complexity index is 402. The molecule has 1 saturated carbocycles. The van der Waals surface area contributed by atoms with Crippen molar-refractivity contribution in [3.05, 3.63) is 0 Å². The summed E-state index contributed by atoms with van der Waals surface area (Å²) in [5.74, 6) is -0.444. The van der Waals surface area contributed by atoms with Crippen LogP contribution in [0.1, 0.15) is 142 Å². The predicted octanol–water partition coefficient (Wildman–Crippen LogP) is 8.26. The molecule has 0 saturated heterocycles. The zero-order valence-corrected chi connectivity index (χ0v) is 19.1. The topological polar surface area (TPSA) is 52.6 Å². The third kappa shape index (κ3) is 16.4. The van der Waals surface area contributed by atoms with E-state index in [0.717, 1.165) is 44.9 Å². The molecule has 0 heterocycles. The second kappa shape index (κ2) is 18.9. The van der Waals surface area contributed by atoms with Crippen LogP contribution in [0.3, 0.4) is 0 Å². The molecule has 0 atom stereocenters. The van der Waals surface area contributed by atoms with Crippen molar-refractivity contribution in [2.45, 2.75) is 148 Å². The second-order valence-corrected chi connectivity index (χ2v) is 8.80. The molecular weight excluding hydrogens is 364 g/mol. The van der Waals surface area contributed by atoms with Crippen molar-refractivity contribution in [3.63, 3.8) is 0 Å². The molecule has 0 unspecified atom stereocenters. The van der Waals surface area contributed by atoms with Crippen LogP contribution >= 0.6 is 0 Å². The molecule has 170 valence electrons. The summed E-state index contributed by atoms with van der Waals surface area (Å²) in [6.45, 7) is 2.27. The zero-order valence-electron chi connectivity index (χ0n) is 19.1. The highest BCUT2D eigenvalue weighted by Gasteiger charge is 2.20. The van der Waals surface area contributed by atoms with Gasteiger partial charge in [-0.1, -0.05) is 103 Å². The fourth-order valence-electron chi connectivity index (χ4n) is 4.13. The van der Waals surface area contributed by atoms with Crippen LogP contribution in [0.2, 0.25) is 0 Å². The van der Waals surface area contributed by atoms with Crippen LogP contribution in [-0.2, 0) is 14.3 Å². The monoisotopic (exact) mass is 410 g/mol. The number of carbonyl (C=O) groups is 2. The van der Waals surface area contributed by atoms with E-state index in [4.69, 9.17) is 9.47 Å². The summed E-state index contributed by atoms with van der Waals surface area (Å²) in [6, 6.07) is 0. The van der Waals surface area contributed by atoms with Crippen molar-refractivity contribution in [2.75, 3.05) is 0 Å². The highest BCUT2D eigenvalue weighted by Crippen LogP contribution is 2.21. The third-order valence-corrected chi connectivity index (χ3v) is 6.00. The van der Waals surface area contributed by atoms with Gasteiger partial charge in [-0.3, -0.25) is 4.79 Å². The number of unbranched alkanes of at least 4 members (excludes halogenated alkanes) is 14. The van der Waals surface area contributed by atoms with Gasteiger partial charge in [-0.25, -0.2) is 4.79 Å². The van der Waals surface area contributed by atoms with Gasteiger partial charge in [-0.05, 0) is 32.1 Å². The molecule has 0 bridgehead atoms. The Kier molecular flexibility index (Phi) is 17.0. The second-order valence-electron chi connectivity index (χ2n) is 8.80. The van der Waals surface area contributed by atoms with E-state index in [0.29, 0.717) is 6.42 Å². The standard InChI is InChI=1S/C25H46O4/c1-2-3-4-5-6-7-8-9-10-11-12-13-14-15-19-22-24(26)29-25(27)28-23-20-17-16-18-21-23/h23H,2-22H2,1H3. The molecule has 1 fully saturated rings. The lowest BCUT2D eigenvalue weighted by Crippen LogP contribution is -2.23. The van der Waals surface area contributed by atoms with Crippen molar-refractivity contribution in [2.24, 2.45) is 0 Å². The first-order valence-electron chi connectivity index (χ1n) is 12.6. The van der Waals surface area contributed by atoms with Crippen molar-refractivity contribution in [1.82, 2.24) is 0 Å². The van der Waals surface area contributed by atoms with Gasteiger partial charge in [0.1, 0.15) is 6.10 Å². The van der Waals surface area contributed by atoms with Crippen LogP contribution in [0.4, 0.5) is 4.79 Å². The summed E-state index contributed by atoms with van der Waals surface area (Å²) in [5, 5.41) is 0. The quantitative estimate of drug-likeness (QED) is 0.137. The van der Waals surface area contributed by atoms with E-state index in [1.807, 2.05) is 0 Å². The van der Waals surface area contributed by atoms with E-state index in [-0.39, 0.29) is 6.10 Å². The number of ether oxygens (including phenoxy) is 2.